The van der Waals surface area contributed by atoms with Gasteiger partial charge in [-0.1, -0.05) is 6.07 Å². The van der Waals surface area contributed by atoms with Crippen molar-refractivity contribution in [2.45, 2.75) is 34.0 Å². The molecule has 3 aromatic carbocycles. The molecule has 0 fully saturated rings. The Morgan fingerprint density at radius 1 is 0.894 bits per heavy atom. The molecular weight excluding hydrogens is 734 g/mol. The smallest absolute Gasteiger partial charge is 0.307 e. The first-order valence-corrected chi connectivity index (χ1v) is 16.4. The molecule has 0 radical (unpaired) electrons. The molecule has 1 aliphatic heterocycles. The van der Waals surface area contributed by atoms with E-state index in [1.165, 1.54) is 6.21 Å². The number of ether oxygens (including phenoxy) is 5. The molecule has 6 rings (SSSR count). The number of amides is 1. The summed E-state index contributed by atoms with van der Waals surface area (Å²) in [5.41, 5.74) is 7.45. The Kier molecular flexibility index (Phi) is 9.88. The van der Waals surface area contributed by atoms with Gasteiger partial charge in [-0.25, -0.2) is 5.43 Å². The molecule has 0 spiro atoms. The van der Waals surface area contributed by atoms with Gasteiger partial charge in [-0.05, 0) is 125 Å². The van der Waals surface area contributed by atoms with E-state index >= 15 is 0 Å². The lowest BCUT2D eigenvalue weighted by Crippen LogP contribution is -2.16. The molecule has 0 aliphatic carbocycles. The Morgan fingerprint density at radius 3 is 2.43 bits per heavy atom. The summed E-state index contributed by atoms with van der Waals surface area (Å²) in [7, 11) is 0. The van der Waals surface area contributed by atoms with E-state index in [0.717, 1.165) is 22.6 Å². The van der Waals surface area contributed by atoms with E-state index in [1.54, 1.807) is 18.2 Å². The van der Waals surface area contributed by atoms with Gasteiger partial charge in [0.25, 0.3) is 0 Å². The van der Waals surface area contributed by atoms with E-state index in [1.807, 2.05) is 49.4 Å². The van der Waals surface area contributed by atoms with Crippen LogP contribution in [0.4, 0.5) is 0 Å². The fourth-order valence-electron chi connectivity index (χ4n) is 5.00. The number of aryl methyl sites for hydroxylation is 2. The molecule has 1 aliphatic rings. The largest absolute Gasteiger partial charge is 0.490 e. The zero-order chi connectivity index (χ0) is 32.9. The minimum absolute atomic E-state index is 0.108. The highest BCUT2D eigenvalue weighted by Gasteiger charge is 2.19. The normalized spacial score (nSPS) is 12.0. The van der Waals surface area contributed by atoms with E-state index in [0.29, 0.717) is 55.6 Å². The van der Waals surface area contributed by atoms with E-state index in [9.17, 15) is 4.79 Å². The van der Waals surface area contributed by atoms with E-state index in [-0.39, 0.29) is 25.8 Å². The van der Waals surface area contributed by atoms with Crippen molar-refractivity contribution in [3.05, 3.63) is 116 Å². The quantitative estimate of drug-likeness (QED) is 0.101. The highest BCUT2D eigenvalue weighted by Crippen LogP contribution is 2.43. The van der Waals surface area contributed by atoms with E-state index in [2.05, 4.69) is 72.9 Å². The first-order valence-electron chi connectivity index (χ1n) is 14.8. The Hall–Kier alpha value is -4.68. The number of hydrogen-bond donors (Lipinski definition) is 1. The first kappa shape index (κ1) is 32.3. The van der Waals surface area contributed by atoms with Crippen molar-refractivity contribution in [3.63, 3.8) is 0 Å². The molecule has 0 saturated heterocycles. The molecule has 0 saturated carbocycles. The van der Waals surface area contributed by atoms with Gasteiger partial charge in [0, 0.05) is 27.1 Å². The van der Waals surface area contributed by atoms with Crippen molar-refractivity contribution < 1.29 is 32.9 Å². The second kappa shape index (κ2) is 14.4. The summed E-state index contributed by atoms with van der Waals surface area (Å²) in [5.74, 6) is 3.22. The summed E-state index contributed by atoms with van der Waals surface area (Å²) in [6.07, 6.45) is 1.50. The summed E-state index contributed by atoms with van der Waals surface area (Å²) >= 11 is 7.21. The number of nitrogens with zero attached hydrogens (tertiary/aromatic N) is 2. The lowest BCUT2D eigenvalue weighted by molar-refractivity contribution is 0.0923. The number of aromatic nitrogens is 1. The molecule has 47 heavy (non-hydrogen) atoms. The summed E-state index contributed by atoms with van der Waals surface area (Å²) in [5, 5.41) is 4.13. The standard InChI is InChI=1S/C35H31Br2N3O7/c1-4-42-31-16-24(32(36)33(37)34(31)44-18-23-7-13-28-30(15-23)46-20-45-28)17-38-39-35(41)29-14-12-27(47-29)19-43-26-10-8-25(9-11-26)40-21(2)5-6-22(40)3/h5-17H,4,18-20H2,1-3H3,(H,39,41)/b38-17+. The van der Waals surface area contributed by atoms with Crippen molar-refractivity contribution >= 4 is 44.0 Å². The number of carbonyl (C=O) groups is 1. The predicted molar refractivity (Wildman–Crippen MR) is 183 cm³/mol. The fourth-order valence-corrected chi connectivity index (χ4v) is 5.93. The Labute approximate surface area is 288 Å². The van der Waals surface area contributed by atoms with Crippen molar-refractivity contribution in [2.24, 2.45) is 5.10 Å². The SMILES string of the molecule is CCOc1cc(/C=N/NC(=O)c2ccc(COc3ccc(-n4c(C)ccc4C)cc3)o2)c(Br)c(Br)c1OCc1ccc2c(c1)OCO2. The molecule has 0 atom stereocenters. The van der Waals surface area contributed by atoms with Crippen LogP contribution in [0.25, 0.3) is 5.69 Å². The highest BCUT2D eigenvalue weighted by atomic mass is 79.9. The van der Waals surface area contributed by atoms with Crippen molar-refractivity contribution in [3.8, 4) is 34.4 Å². The van der Waals surface area contributed by atoms with Crippen LogP contribution in [0.2, 0.25) is 0 Å². The maximum Gasteiger partial charge on any atom is 0.307 e. The number of halogens is 2. The van der Waals surface area contributed by atoms with Crippen LogP contribution in [0.3, 0.4) is 0 Å². The summed E-state index contributed by atoms with van der Waals surface area (Å²) < 4.78 is 37.9. The molecule has 3 heterocycles. The van der Waals surface area contributed by atoms with Crippen molar-refractivity contribution in [2.75, 3.05) is 13.4 Å². The van der Waals surface area contributed by atoms with Crippen LogP contribution < -0.4 is 29.1 Å². The molecule has 1 amide bonds. The molecular formula is C35H31Br2N3O7. The summed E-state index contributed by atoms with van der Waals surface area (Å²) in [6.45, 7) is 7.10. The van der Waals surface area contributed by atoms with Crippen LogP contribution in [0, 0.1) is 13.8 Å². The van der Waals surface area contributed by atoms with E-state index < -0.39 is 5.91 Å². The predicted octanol–water partition coefficient (Wildman–Crippen LogP) is 8.26. The monoisotopic (exact) mass is 763 g/mol. The molecule has 5 aromatic rings. The summed E-state index contributed by atoms with van der Waals surface area (Å²) in [6, 6.07) is 22.7. The number of rotatable bonds is 12. The molecule has 0 unspecified atom stereocenters. The number of hydrazone groups is 1. The fraction of sp³-hybridized carbons (Fsp3) is 0.200. The average molecular weight is 765 g/mol. The minimum Gasteiger partial charge on any atom is -0.490 e. The lowest BCUT2D eigenvalue weighted by atomic mass is 10.2. The highest BCUT2D eigenvalue weighted by molar-refractivity contribution is 9.13. The second-order valence-electron chi connectivity index (χ2n) is 10.5. The van der Waals surface area contributed by atoms with Crippen molar-refractivity contribution in [1.82, 2.24) is 9.99 Å². The molecule has 12 heteroatoms. The van der Waals surface area contributed by atoms with Gasteiger partial charge < -0.3 is 32.7 Å². The van der Waals surface area contributed by atoms with Crippen LogP contribution in [-0.2, 0) is 13.2 Å². The van der Waals surface area contributed by atoms with Crippen molar-refractivity contribution in [1.29, 1.82) is 0 Å². The van der Waals surface area contributed by atoms with Crippen LogP contribution in [0.1, 0.15) is 45.8 Å². The number of carbonyl (C=O) groups excluding carboxylic acids is 1. The van der Waals surface area contributed by atoms with Crippen LogP contribution in [-0.4, -0.2) is 30.1 Å². The van der Waals surface area contributed by atoms with Crippen LogP contribution >= 0.6 is 31.9 Å². The maximum absolute atomic E-state index is 12.7. The number of fused-ring (bicyclic) bond motifs is 1. The van der Waals surface area contributed by atoms with Gasteiger partial charge in [0.1, 0.15) is 24.7 Å². The van der Waals surface area contributed by atoms with Crippen LogP contribution in [0.5, 0.6) is 28.7 Å². The minimum atomic E-state index is -0.502. The van der Waals surface area contributed by atoms with Gasteiger partial charge >= 0.3 is 5.91 Å². The van der Waals surface area contributed by atoms with E-state index in [4.69, 9.17) is 28.1 Å². The zero-order valence-corrected chi connectivity index (χ0v) is 29.0. The zero-order valence-electron chi connectivity index (χ0n) is 25.8. The first-order chi connectivity index (χ1) is 22.8. The summed E-state index contributed by atoms with van der Waals surface area (Å²) in [4.78, 5) is 12.7. The maximum atomic E-state index is 12.7. The Balaban J connectivity index is 1.05. The Bertz CT molecular complexity index is 1910. The third-order valence-corrected chi connectivity index (χ3v) is 9.42. The third kappa shape index (κ3) is 7.34. The van der Waals surface area contributed by atoms with Gasteiger partial charge in [0.2, 0.25) is 6.79 Å². The lowest BCUT2D eigenvalue weighted by Gasteiger charge is -2.16. The Morgan fingerprint density at radius 2 is 1.66 bits per heavy atom. The van der Waals surface area contributed by atoms with Gasteiger partial charge in [0.05, 0.1) is 17.3 Å². The van der Waals surface area contributed by atoms with Gasteiger partial charge in [-0.3, -0.25) is 4.79 Å². The molecule has 1 N–H and O–H groups in total. The molecule has 0 bridgehead atoms. The topological polar surface area (TPSA) is 106 Å². The molecule has 10 nitrogen and oxygen atoms in total. The number of nitrogens with one attached hydrogen (secondary N) is 1. The average Bonchev–Trinajstić information content (AvgIpc) is 3.82. The van der Waals surface area contributed by atoms with Gasteiger partial charge in [-0.15, -0.1) is 0 Å². The third-order valence-electron chi connectivity index (χ3n) is 7.28. The molecule has 242 valence electrons. The number of hydrogen-bond acceptors (Lipinski definition) is 8. The molecule has 2 aromatic heterocycles. The second-order valence-corrected chi connectivity index (χ2v) is 12.1. The number of furan rings is 1. The van der Waals surface area contributed by atoms with Crippen LogP contribution in [0.15, 0.2) is 91.3 Å². The van der Waals surface area contributed by atoms with Gasteiger partial charge in [-0.2, -0.15) is 5.10 Å². The van der Waals surface area contributed by atoms with Gasteiger partial charge in [0.15, 0.2) is 28.8 Å². The number of benzene rings is 3.